The second-order valence-electron chi connectivity index (χ2n) is 5.76. The lowest BCUT2D eigenvalue weighted by Crippen LogP contribution is -2.39. The molecule has 0 radical (unpaired) electrons. The van der Waals surface area contributed by atoms with Crippen LogP contribution < -0.4 is 0 Å². The van der Waals surface area contributed by atoms with Crippen molar-refractivity contribution in [1.29, 1.82) is 0 Å². The van der Waals surface area contributed by atoms with Crippen LogP contribution in [0.5, 0.6) is 0 Å². The Labute approximate surface area is 122 Å². The molecule has 4 nitrogen and oxygen atoms in total. The predicted octanol–water partition coefficient (Wildman–Crippen LogP) is 2.57. The Kier molecular flexibility index (Phi) is 5.92. The van der Waals surface area contributed by atoms with E-state index in [2.05, 4.69) is 32.8 Å². The summed E-state index contributed by atoms with van der Waals surface area (Å²) in [6.45, 7) is 5.50. The standard InChI is InChI=1S/C15H23NO3S/c1-4-14-7-9-15(10-8-14)13-16(2,3)11-5-6-12-20(17,18)19/h4,7-10H,1,5-6,11-13H2,2-3H3/p+1. The highest BCUT2D eigenvalue weighted by atomic mass is 32.2. The molecule has 112 valence electrons. The Morgan fingerprint density at radius 2 is 1.80 bits per heavy atom. The highest BCUT2D eigenvalue weighted by molar-refractivity contribution is 7.85. The fourth-order valence-corrected chi connectivity index (χ4v) is 2.73. The van der Waals surface area contributed by atoms with Gasteiger partial charge in [0.25, 0.3) is 10.1 Å². The average Bonchev–Trinajstić information content (AvgIpc) is 2.34. The van der Waals surface area contributed by atoms with Gasteiger partial charge in [0, 0.05) is 5.56 Å². The fraction of sp³-hybridized carbons (Fsp3) is 0.467. The lowest BCUT2D eigenvalue weighted by atomic mass is 10.1. The second-order valence-corrected chi connectivity index (χ2v) is 7.33. The Balaban J connectivity index is 2.45. The summed E-state index contributed by atoms with van der Waals surface area (Å²) in [5.74, 6) is -0.152. The van der Waals surface area contributed by atoms with Crippen LogP contribution in [-0.4, -0.2) is 43.8 Å². The summed E-state index contributed by atoms with van der Waals surface area (Å²) in [5.41, 5.74) is 2.35. The molecule has 0 aliphatic rings. The summed E-state index contributed by atoms with van der Waals surface area (Å²) in [7, 11) is 0.415. The van der Waals surface area contributed by atoms with Gasteiger partial charge in [-0.1, -0.05) is 36.9 Å². The Bertz CT molecular complexity index is 533. The summed E-state index contributed by atoms with van der Waals surface area (Å²) < 4.78 is 30.8. The van der Waals surface area contributed by atoms with E-state index >= 15 is 0 Å². The van der Waals surface area contributed by atoms with Crippen molar-refractivity contribution in [3.63, 3.8) is 0 Å². The first kappa shape index (κ1) is 16.9. The van der Waals surface area contributed by atoms with E-state index in [0.29, 0.717) is 6.42 Å². The lowest BCUT2D eigenvalue weighted by molar-refractivity contribution is -0.903. The molecule has 0 unspecified atom stereocenters. The number of nitrogens with zero attached hydrogens (tertiary/aromatic N) is 1. The molecule has 0 fully saturated rings. The van der Waals surface area contributed by atoms with Crippen molar-refractivity contribution in [3.8, 4) is 0 Å². The van der Waals surface area contributed by atoms with Crippen molar-refractivity contribution < 1.29 is 17.5 Å². The van der Waals surface area contributed by atoms with Crippen molar-refractivity contribution in [2.45, 2.75) is 19.4 Å². The molecule has 0 bridgehead atoms. The lowest BCUT2D eigenvalue weighted by Gasteiger charge is -2.30. The molecule has 0 aliphatic carbocycles. The largest absolute Gasteiger partial charge is 0.325 e. The number of unbranched alkanes of at least 4 members (excludes halogenated alkanes) is 1. The molecule has 0 spiro atoms. The molecule has 0 aromatic heterocycles. The van der Waals surface area contributed by atoms with Gasteiger partial charge in [-0.15, -0.1) is 0 Å². The van der Waals surface area contributed by atoms with Crippen LogP contribution in [0, 0.1) is 0 Å². The molecule has 20 heavy (non-hydrogen) atoms. The molecule has 0 atom stereocenters. The molecule has 1 rings (SSSR count). The highest BCUT2D eigenvalue weighted by Crippen LogP contribution is 2.13. The maximum absolute atomic E-state index is 10.6. The summed E-state index contributed by atoms with van der Waals surface area (Å²) in [5, 5.41) is 0. The van der Waals surface area contributed by atoms with E-state index in [4.69, 9.17) is 4.55 Å². The molecule has 1 N–H and O–H groups in total. The van der Waals surface area contributed by atoms with Gasteiger partial charge in [-0.25, -0.2) is 0 Å². The zero-order valence-electron chi connectivity index (χ0n) is 12.2. The zero-order chi connectivity index (χ0) is 15.2. The van der Waals surface area contributed by atoms with Crippen molar-refractivity contribution in [1.82, 2.24) is 0 Å². The topological polar surface area (TPSA) is 54.4 Å². The van der Waals surface area contributed by atoms with Gasteiger partial charge in [-0.3, -0.25) is 4.55 Å². The Hall–Kier alpha value is -1.17. The Morgan fingerprint density at radius 3 is 2.30 bits per heavy atom. The van der Waals surface area contributed by atoms with E-state index in [1.807, 2.05) is 18.2 Å². The third-order valence-electron chi connectivity index (χ3n) is 3.24. The normalized spacial score (nSPS) is 12.3. The molecular weight excluding hydrogens is 274 g/mol. The van der Waals surface area contributed by atoms with Crippen LogP contribution in [0.15, 0.2) is 30.8 Å². The van der Waals surface area contributed by atoms with Crippen molar-refractivity contribution in [3.05, 3.63) is 42.0 Å². The van der Waals surface area contributed by atoms with E-state index in [1.165, 1.54) is 5.56 Å². The monoisotopic (exact) mass is 298 g/mol. The second kappa shape index (κ2) is 7.02. The molecule has 0 amide bonds. The summed E-state index contributed by atoms with van der Waals surface area (Å²) in [6, 6.07) is 8.27. The molecule has 0 heterocycles. The molecule has 1 aromatic rings. The van der Waals surface area contributed by atoms with Gasteiger partial charge in [0.15, 0.2) is 0 Å². The van der Waals surface area contributed by atoms with Crippen LogP contribution >= 0.6 is 0 Å². The van der Waals surface area contributed by atoms with Crippen LogP contribution in [0.25, 0.3) is 6.08 Å². The van der Waals surface area contributed by atoms with Gasteiger partial charge in [0.2, 0.25) is 0 Å². The van der Waals surface area contributed by atoms with Crippen molar-refractivity contribution in [2.75, 3.05) is 26.4 Å². The summed E-state index contributed by atoms with van der Waals surface area (Å²) in [4.78, 5) is 0. The molecule has 0 saturated carbocycles. The molecular formula is C15H24NO3S+. The minimum Gasteiger partial charge on any atom is -0.325 e. The predicted molar refractivity (Wildman–Crippen MR) is 82.9 cm³/mol. The first-order valence-corrected chi connectivity index (χ1v) is 8.31. The van der Waals surface area contributed by atoms with E-state index in [0.717, 1.165) is 29.6 Å². The SMILES string of the molecule is C=Cc1ccc(C[N+](C)(C)CCCCS(=O)(=O)O)cc1. The number of hydrogen-bond acceptors (Lipinski definition) is 2. The van der Waals surface area contributed by atoms with Crippen LogP contribution in [0.3, 0.4) is 0 Å². The molecule has 1 aromatic carbocycles. The summed E-state index contributed by atoms with van der Waals surface area (Å²) >= 11 is 0. The maximum atomic E-state index is 10.6. The first-order chi connectivity index (χ1) is 9.22. The number of hydrogen-bond donors (Lipinski definition) is 1. The van der Waals surface area contributed by atoms with Gasteiger partial charge in [0.05, 0.1) is 26.4 Å². The Morgan fingerprint density at radius 1 is 1.20 bits per heavy atom. The molecule has 0 aliphatic heterocycles. The van der Waals surface area contributed by atoms with E-state index in [1.54, 1.807) is 0 Å². The third kappa shape index (κ3) is 6.84. The maximum Gasteiger partial charge on any atom is 0.264 e. The van der Waals surface area contributed by atoms with Gasteiger partial charge in [-0.2, -0.15) is 8.42 Å². The van der Waals surface area contributed by atoms with Crippen molar-refractivity contribution in [2.24, 2.45) is 0 Å². The van der Waals surface area contributed by atoms with Gasteiger partial charge in [-0.05, 0) is 18.4 Å². The quantitative estimate of drug-likeness (QED) is 0.456. The third-order valence-corrected chi connectivity index (χ3v) is 4.05. The number of benzene rings is 1. The molecule has 0 saturated heterocycles. The van der Waals surface area contributed by atoms with E-state index < -0.39 is 10.1 Å². The minimum absolute atomic E-state index is 0.152. The van der Waals surface area contributed by atoms with E-state index in [-0.39, 0.29) is 5.75 Å². The van der Waals surface area contributed by atoms with Crippen LogP contribution in [0.4, 0.5) is 0 Å². The first-order valence-electron chi connectivity index (χ1n) is 6.70. The van der Waals surface area contributed by atoms with Crippen LogP contribution in [-0.2, 0) is 16.7 Å². The molecule has 5 heteroatoms. The van der Waals surface area contributed by atoms with Crippen LogP contribution in [0.2, 0.25) is 0 Å². The van der Waals surface area contributed by atoms with E-state index in [9.17, 15) is 8.42 Å². The van der Waals surface area contributed by atoms with Crippen LogP contribution in [0.1, 0.15) is 24.0 Å². The van der Waals surface area contributed by atoms with Gasteiger partial charge in [0.1, 0.15) is 6.54 Å². The highest BCUT2D eigenvalue weighted by Gasteiger charge is 2.16. The smallest absolute Gasteiger partial charge is 0.264 e. The van der Waals surface area contributed by atoms with Gasteiger partial charge < -0.3 is 4.48 Å². The minimum atomic E-state index is -3.82. The summed E-state index contributed by atoms with van der Waals surface area (Å²) in [6.07, 6.45) is 3.09. The van der Waals surface area contributed by atoms with Crippen molar-refractivity contribution >= 4 is 16.2 Å². The van der Waals surface area contributed by atoms with Gasteiger partial charge >= 0.3 is 0 Å². The fourth-order valence-electron chi connectivity index (χ4n) is 2.16. The number of rotatable bonds is 8. The average molecular weight is 298 g/mol. The number of quaternary nitrogens is 1. The zero-order valence-corrected chi connectivity index (χ0v) is 13.1.